The van der Waals surface area contributed by atoms with Crippen LogP contribution in [0.4, 0.5) is 4.39 Å². The molecule has 0 bridgehead atoms. The lowest BCUT2D eigenvalue weighted by Crippen LogP contribution is -2.30. The first-order chi connectivity index (χ1) is 6.06. The van der Waals surface area contributed by atoms with Crippen molar-refractivity contribution in [3.63, 3.8) is 0 Å². The van der Waals surface area contributed by atoms with Gasteiger partial charge >= 0.3 is 7.12 Å². The number of methoxy groups -OCH3 is 1. The van der Waals surface area contributed by atoms with Gasteiger partial charge in [-0.05, 0) is 33.5 Å². The van der Waals surface area contributed by atoms with Crippen molar-refractivity contribution in [1.82, 2.24) is 0 Å². The van der Waals surface area contributed by atoms with Gasteiger partial charge in [-0.25, -0.2) is 4.39 Å². The fraction of sp³-hybridized carbons (Fsp3) is 0.143. The highest BCUT2D eigenvalue weighted by Gasteiger charge is 2.16. The first-order valence-electron chi connectivity index (χ1n) is 3.45. The van der Waals surface area contributed by atoms with Gasteiger partial charge in [0.25, 0.3) is 0 Å². The van der Waals surface area contributed by atoms with Gasteiger partial charge in [0.1, 0.15) is 0 Å². The van der Waals surface area contributed by atoms with Crippen molar-refractivity contribution in [1.29, 1.82) is 0 Å². The zero-order chi connectivity index (χ0) is 10.0. The summed E-state index contributed by atoms with van der Waals surface area (Å²) in [6, 6.07) is 2.51. The third-order valence-corrected chi connectivity index (χ3v) is 2.11. The van der Waals surface area contributed by atoms with E-state index in [0.29, 0.717) is 0 Å². The SMILES string of the molecule is COc1cc(B(O)O)cc(Br)c1F. The fourth-order valence-corrected chi connectivity index (χ4v) is 1.34. The molecule has 0 amide bonds. The molecule has 13 heavy (non-hydrogen) atoms. The van der Waals surface area contributed by atoms with Crippen LogP contribution in [-0.4, -0.2) is 24.3 Å². The van der Waals surface area contributed by atoms with Crippen LogP contribution < -0.4 is 10.2 Å². The molecular formula is C7H7BBrFO3. The molecular weight excluding hydrogens is 242 g/mol. The van der Waals surface area contributed by atoms with E-state index in [2.05, 4.69) is 20.7 Å². The van der Waals surface area contributed by atoms with Crippen molar-refractivity contribution in [3.05, 3.63) is 22.4 Å². The van der Waals surface area contributed by atoms with Crippen LogP contribution in [0.3, 0.4) is 0 Å². The number of rotatable bonds is 2. The second-order valence-electron chi connectivity index (χ2n) is 2.39. The lowest BCUT2D eigenvalue weighted by atomic mass is 9.80. The number of halogens is 2. The Hall–Kier alpha value is -0.585. The molecule has 2 N–H and O–H groups in total. The first kappa shape index (κ1) is 10.5. The van der Waals surface area contributed by atoms with E-state index in [1.807, 2.05) is 0 Å². The van der Waals surface area contributed by atoms with E-state index in [0.717, 1.165) is 0 Å². The highest BCUT2D eigenvalue weighted by Crippen LogP contribution is 2.23. The Balaban J connectivity index is 3.22. The van der Waals surface area contributed by atoms with Crippen LogP contribution in [0.1, 0.15) is 0 Å². The van der Waals surface area contributed by atoms with E-state index >= 15 is 0 Å². The minimum atomic E-state index is -1.63. The highest BCUT2D eigenvalue weighted by molar-refractivity contribution is 9.10. The Kier molecular flexibility index (Phi) is 3.30. The fourth-order valence-electron chi connectivity index (χ4n) is 0.881. The molecule has 0 radical (unpaired) electrons. The molecule has 0 saturated heterocycles. The number of benzene rings is 1. The summed E-state index contributed by atoms with van der Waals surface area (Å²) in [6.45, 7) is 0. The standard InChI is InChI=1S/C7H7BBrFO3/c1-13-6-3-4(8(11)12)2-5(9)7(6)10/h2-3,11-12H,1H3. The normalized spacial score (nSPS) is 9.92. The largest absolute Gasteiger partial charge is 0.494 e. The Morgan fingerprint density at radius 2 is 2.08 bits per heavy atom. The lowest BCUT2D eigenvalue weighted by molar-refractivity contribution is 0.384. The van der Waals surface area contributed by atoms with Gasteiger partial charge in [0.2, 0.25) is 0 Å². The van der Waals surface area contributed by atoms with E-state index in [1.54, 1.807) is 0 Å². The predicted molar refractivity (Wildman–Crippen MR) is 50.5 cm³/mol. The maximum Gasteiger partial charge on any atom is 0.488 e. The van der Waals surface area contributed by atoms with E-state index in [4.69, 9.17) is 10.0 Å². The average Bonchev–Trinajstić information content (AvgIpc) is 2.09. The molecule has 6 heteroatoms. The molecule has 0 aliphatic carbocycles. The molecule has 0 aromatic heterocycles. The molecule has 1 aromatic carbocycles. The molecule has 0 atom stereocenters. The van der Waals surface area contributed by atoms with Crippen LogP contribution >= 0.6 is 15.9 Å². The summed E-state index contributed by atoms with van der Waals surface area (Å²) in [7, 11) is -0.330. The van der Waals surface area contributed by atoms with Crippen LogP contribution in [0.5, 0.6) is 5.75 Å². The van der Waals surface area contributed by atoms with Crippen molar-refractivity contribution in [2.75, 3.05) is 7.11 Å². The Morgan fingerprint density at radius 1 is 1.46 bits per heavy atom. The smallest absolute Gasteiger partial charge is 0.488 e. The van der Waals surface area contributed by atoms with Gasteiger partial charge in [0, 0.05) is 0 Å². The summed E-state index contributed by atoms with van der Waals surface area (Å²) >= 11 is 2.93. The van der Waals surface area contributed by atoms with Gasteiger partial charge in [-0.2, -0.15) is 0 Å². The van der Waals surface area contributed by atoms with Gasteiger partial charge in [0.05, 0.1) is 11.6 Å². The van der Waals surface area contributed by atoms with Gasteiger partial charge in [-0.3, -0.25) is 0 Å². The minimum Gasteiger partial charge on any atom is -0.494 e. The molecule has 0 fully saturated rings. The molecule has 70 valence electrons. The highest BCUT2D eigenvalue weighted by atomic mass is 79.9. The number of hydrogen-bond acceptors (Lipinski definition) is 3. The van der Waals surface area contributed by atoms with E-state index in [9.17, 15) is 4.39 Å². The Morgan fingerprint density at radius 3 is 2.54 bits per heavy atom. The van der Waals surface area contributed by atoms with Gasteiger partial charge < -0.3 is 14.8 Å². The van der Waals surface area contributed by atoms with Crippen LogP contribution in [0, 0.1) is 5.82 Å². The summed E-state index contributed by atoms with van der Waals surface area (Å²) in [5.41, 5.74) is 0.171. The molecule has 0 aliphatic rings. The summed E-state index contributed by atoms with van der Waals surface area (Å²) in [6.07, 6.45) is 0. The van der Waals surface area contributed by atoms with E-state index in [-0.39, 0.29) is 15.7 Å². The molecule has 0 aliphatic heterocycles. The third kappa shape index (κ3) is 2.21. The summed E-state index contributed by atoms with van der Waals surface area (Å²) in [5, 5.41) is 17.6. The summed E-state index contributed by atoms with van der Waals surface area (Å²) < 4.78 is 17.9. The lowest BCUT2D eigenvalue weighted by Gasteiger charge is -2.06. The minimum absolute atomic E-state index is 0.0301. The van der Waals surface area contributed by atoms with E-state index < -0.39 is 12.9 Å². The zero-order valence-corrected chi connectivity index (χ0v) is 8.38. The Bertz CT molecular complexity index is 319. The predicted octanol–water partition coefficient (Wildman–Crippen LogP) is 0.277. The van der Waals surface area contributed by atoms with Gasteiger partial charge in [-0.15, -0.1) is 0 Å². The number of ether oxygens (including phenoxy) is 1. The van der Waals surface area contributed by atoms with Crippen LogP contribution in [0.2, 0.25) is 0 Å². The molecule has 0 unspecified atom stereocenters. The second kappa shape index (κ2) is 4.08. The molecule has 0 spiro atoms. The van der Waals surface area contributed by atoms with Crippen LogP contribution in [0.15, 0.2) is 16.6 Å². The van der Waals surface area contributed by atoms with Crippen molar-refractivity contribution in [2.24, 2.45) is 0 Å². The maximum absolute atomic E-state index is 13.1. The number of hydrogen-bond donors (Lipinski definition) is 2. The topological polar surface area (TPSA) is 49.7 Å². The quantitative estimate of drug-likeness (QED) is 0.740. The maximum atomic E-state index is 13.1. The van der Waals surface area contributed by atoms with Crippen molar-refractivity contribution in [3.8, 4) is 5.75 Å². The Labute approximate surface area is 83.4 Å². The second-order valence-corrected chi connectivity index (χ2v) is 3.25. The summed E-state index contributed by atoms with van der Waals surface area (Å²) in [5.74, 6) is -0.593. The summed E-state index contributed by atoms with van der Waals surface area (Å²) in [4.78, 5) is 0. The molecule has 0 heterocycles. The third-order valence-electron chi connectivity index (χ3n) is 1.54. The van der Waals surface area contributed by atoms with Crippen molar-refractivity contribution in [2.45, 2.75) is 0 Å². The average molecular weight is 249 g/mol. The van der Waals surface area contributed by atoms with Gasteiger partial charge in [-0.1, -0.05) is 0 Å². The monoisotopic (exact) mass is 248 g/mol. The molecule has 1 aromatic rings. The van der Waals surface area contributed by atoms with E-state index in [1.165, 1.54) is 19.2 Å². The molecule has 3 nitrogen and oxygen atoms in total. The molecule has 1 rings (SSSR count). The van der Waals surface area contributed by atoms with Crippen LogP contribution in [0.25, 0.3) is 0 Å². The molecule has 0 saturated carbocycles. The van der Waals surface area contributed by atoms with Crippen LogP contribution in [-0.2, 0) is 0 Å². The van der Waals surface area contributed by atoms with Crippen molar-refractivity contribution >= 4 is 28.5 Å². The zero-order valence-electron chi connectivity index (χ0n) is 6.79. The van der Waals surface area contributed by atoms with Gasteiger partial charge in [0.15, 0.2) is 11.6 Å². The van der Waals surface area contributed by atoms with Crippen molar-refractivity contribution < 1.29 is 19.2 Å². The first-order valence-corrected chi connectivity index (χ1v) is 4.24.